The second-order valence-corrected chi connectivity index (χ2v) is 9.19. The minimum Gasteiger partial charge on any atom is -0.478 e. The van der Waals surface area contributed by atoms with Crippen molar-refractivity contribution < 1.29 is 9.90 Å². The van der Waals surface area contributed by atoms with Crippen LogP contribution in [0.2, 0.25) is 0 Å². The highest BCUT2D eigenvalue weighted by molar-refractivity contribution is 5.97. The van der Waals surface area contributed by atoms with Gasteiger partial charge in [0.1, 0.15) is 0 Å². The molecule has 0 spiro atoms. The van der Waals surface area contributed by atoms with Crippen LogP contribution in [0.4, 0.5) is 0 Å². The average molecular weight is 474 g/mol. The van der Waals surface area contributed by atoms with Crippen LogP contribution in [0.3, 0.4) is 0 Å². The highest BCUT2D eigenvalue weighted by Crippen LogP contribution is 2.32. The van der Waals surface area contributed by atoms with Crippen molar-refractivity contribution in [1.82, 2.24) is 0 Å². The van der Waals surface area contributed by atoms with E-state index >= 15 is 0 Å². The van der Waals surface area contributed by atoms with Crippen LogP contribution in [0.1, 0.15) is 60.5 Å². The number of nitriles is 1. The van der Waals surface area contributed by atoms with Gasteiger partial charge >= 0.3 is 5.97 Å². The molecule has 36 heavy (non-hydrogen) atoms. The van der Waals surface area contributed by atoms with E-state index in [1.54, 1.807) is 18.2 Å². The fraction of sp³-hybridized carbons (Fsp3) is 0.212. The predicted molar refractivity (Wildman–Crippen MR) is 147 cm³/mol. The van der Waals surface area contributed by atoms with Gasteiger partial charge in [-0.3, -0.25) is 0 Å². The van der Waals surface area contributed by atoms with E-state index in [0.29, 0.717) is 11.1 Å². The molecule has 0 aliphatic heterocycles. The van der Waals surface area contributed by atoms with E-state index < -0.39 is 5.97 Å². The van der Waals surface area contributed by atoms with Crippen LogP contribution < -0.4 is 0 Å². The fourth-order valence-electron chi connectivity index (χ4n) is 4.53. The topological polar surface area (TPSA) is 61.1 Å². The molecule has 4 aromatic carbocycles. The molecule has 0 heterocycles. The zero-order chi connectivity index (χ0) is 25.3. The summed E-state index contributed by atoms with van der Waals surface area (Å²) in [6, 6.07) is 31.7. The van der Waals surface area contributed by atoms with Crippen molar-refractivity contribution >= 4 is 5.97 Å². The molecule has 0 fully saturated rings. The molecule has 1 N–H and O–H groups in total. The smallest absolute Gasteiger partial charge is 0.336 e. The first-order valence-corrected chi connectivity index (χ1v) is 12.7. The maximum absolute atomic E-state index is 12.0. The van der Waals surface area contributed by atoms with E-state index in [-0.39, 0.29) is 5.56 Å². The number of rotatable bonds is 10. The third kappa shape index (κ3) is 6.09. The van der Waals surface area contributed by atoms with Gasteiger partial charge in [-0.1, -0.05) is 99.3 Å². The Morgan fingerprint density at radius 1 is 0.694 bits per heavy atom. The molecule has 3 nitrogen and oxygen atoms in total. The molecule has 3 heteroatoms. The van der Waals surface area contributed by atoms with Crippen molar-refractivity contribution in [2.24, 2.45) is 0 Å². The largest absolute Gasteiger partial charge is 0.478 e. The molecule has 4 rings (SSSR count). The standard InChI is InChI=1S/C33H31NO2/c1-2-3-4-5-6-7-24-8-12-28(13-9-24)30-20-21-31(33(35)36)32(22-30)29-18-16-27(17-19-29)26-14-10-25(23-34)11-15-26/h8-22H,2-7H2,1H3,(H,35,36). The first kappa shape index (κ1) is 24.9. The molecule has 0 amide bonds. The van der Waals surface area contributed by atoms with Crippen molar-refractivity contribution in [3.63, 3.8) is 0 Å². The van der Waals surface area contributed by atoms with Gasteiger partial charge in [0.2, 0.25) is 0 Å². The molecule has 0 saturated carbocycles. The van der Waals surface area contributed by atoms with E-state index in [1.165, 1.54) is 37.7 Å². The molecule has 0 aliphatic rings. The number of carboxylic acid groups (broad SMARTS) is 1. The number of unbranched alkanes of at least 4 members (excludes halogenated alkanes) is 4. The summed E-state index contributed by atoms with van der Waals surface area (Å²) < 4.78 is 0. The van der Waals surface area contributed by atoms with E-state index in [2.05, 4.69) is 37.3 Å². The number of hydrogen-bond acceptors (Lipinski definition) is 2. The summed E-state index contributed by atoms with van der Waals surface area (Å²) in [7, 11) is 0. The first-order chi connectivity index (χ1) is 17.6. The van der Waals surface area contributed by atoms with E-state index in [4.69, 9.17) is 5.26 Å². The third-order valence-electron chi connectivity index (χ3n) is 6.65. The minimum absolute atomic E-state index is 0.286. The Balaban J connectivity index is 1.56. The average Bonchev–Trinajstić information content (AvgIpc) is 2.93. The molecule has 180 valence electrons. The number of carboxylic acids is 1. The van der Waals surface area contributed by atoms with Crippen LogP contribution in [0.15, 0.2) is 91.0 Å². The minimum atomic E-state index is -0.939. The third-order valence-corrected chi connectivity index (χ3v) is 6.65. The number of hydrogen-bond donors (Lipinski definition) is 1. The maximum atomic E-state index is 12.0. The summed E-state index contributed by atoms with van der Waals surface area (Å²) in [5.41, 5.74) is 7.92. The highest BCUT2D eigenvalue weighted by Gasteiger charge is 2.14. The lowest BCUT2D eigenvalue weighted by atomic mass is 9.93. The van der Waals surface area contributed by atoms with Crippen molar-refractivity contribution in [3.8, 4) is 39.4 Å². The lowest BCUT2D eigenvalue weighted by Gasteiger charge is -2.12. The van der Waals surface area contributed by atoms with Crippen molar-refractivity contribution in [1.29, 1.82) is 5.26 Å². The summed E-state index contributed by atoms with van der Waals surface area (Å²) >= 11 is 0. The zero-order valence-corrected chi connectivity index (χ0v) is 20.7. The van der Waals surface area contributed by atoms with Gasteiger partial charge in [0.15, 0.2) is 0 Å². The summed E-state index contributed by atoms with van der Waals surface area (Å²) in [6.45, 7) is 2.24. The van der Waals surface area contributed by atoms with Gasteiger partial charge in [0, 0.05) is 0 Å². The Morgan fingerprint density at radius 3 is 1.83 bits per heavy atom. The normalized spacial score (nSPS) is 10.7. The van der Waals surface area contributed by atoms with Gasteiger partial charge < -0.3 is 5.11 Å². The van der Waals surface area contributed by atoms with Gasteiger partial charge in [-0.05, 0) is 76.1 Å². The van der Waals surface area contributed by atoms with Crippen molar-refractivity contribution in [2.75, 3.05) is 0 Å². The Bertz CT molecular complexity index is 1350. The molecule has 0 atom stereocenters. The number of benzene rings is 4. The van der Waals surface area contributed by atoms with Gasteiger partial charge in [-0.2, -0.15) is 5.26 Å². The molecule has 0 bridgehead atoms. The number of nitrogens with zero attached hydrogens (tertiary/aromatic N) is 1. The summed E-state index contributed by atoms with van der Waals surface area (Å²) in [6.07, 6.45) is 7.47. The maximum Gasteiger partial charge on any atom is 0.336 e. The fourth-order valence-corrected chi connectivity index (χ4v) is 4.53. The lowest BCUT2D eigenvalue weighted by molar-refractivity contribution is 0.0697. The van der Waals surface area contributed by atoms with Gasteiger partial charge in [-0.15, -0.1) is 0 Å². The van der Waals surface area contributed by atoms with Crippen LogP contribution in [0.5, 0.6) is 0 Å². The van der Waals surface area contributed by atoms with Crippen LogP contribution in [-0.4, -0.2) is 11.1 Å². The Hall–Kier alpha value is -4.16. The van der Waals surface area contributed by atoms with Gasteiger partial charge in [0.25, 0.3) is 0 Å². The van der Waals surface area contributed by atoms with Gasteiger partial charge in [-0.25, -0.2) is 4.79 Å². The zero-order valence-electron chi connectivity index (χ0n) is 20.7. The highest BCUT2D eigenvalue weighted by atomic mass is 16.4. The molecule has 0 unspecified atom stereocenters. The SMILES string of the molecule is CCCCCCCc1ccc(-c2ccc(C(=O)O)c(-c3ccc(-c4ccc(C#N)cc4)cc3)c2)cc1. The molecule has 0 aliphatic carbocycles. The number of aromatic carboxylic acids is 1. The summed E-state index contributed by atoms with van der Waals surface area (Å²) in [5, 5.41) is 18.8. The molecular weight excluding hydrogens is 442 g/mol. The quantitative estimate of drug-likeness (QED) is 0.234. The second-order valence-electron chi connectivity index (χ2n) is 9.19. The van der Waals surface area contributed by atoms with Crippen LogP contribution in [0, 0.1) is 11.3 Å². The Labute approximate surface area is 213 Å². The van der Waals surface area contributed by atoms with Crippen molar-refractivity contribution in [3.05, 3.63) is 108 Å². The lowest BCUT2D eigenvalue weighted by Crippen LogP contribution is -2.00. The van der Waals surface area contributed by atoms with Crippen LogP contribution >= 0.6 is 0 Å². The number of carbonyl (C=O) groups is 1. The Morgan fingerprint density at radius 2 is 1.22 bits per heavy atom. The van der Waals surface area contributed by atoms with E-state index in [1.807, 2.05) is 48.5 Å². The number of aryl methyl sites for hydroxylation is 1. The molecule has 0 radical (unpaired) electrons. The predicted octanol–water partition coefficient (Wildman–Crippen LogP) is 8.77. The molecular formula is C33H31NO2. The summed E-state index contributed by atoms with van der Waals surface area (Å²) in [4.78, 5) is 12.0. The monoisotopic (exact) mass is 473 g/mol. The van der Waals surface area contributed by atoms with E-state index in [9.17, 15) is 9.90 Å². The Kier molecular flexibility index (Phi) is 8.32. The van der Waals surface area contributed by atoms with E-state index in [0.717, 1.165) is 34.2 Å². The van der Waals surface area contributed by atoms with Crippen molar-refractivity contribution in [2.45, 2.75) is 45.4 Å². The second kappa shape index (κ2) is 12.0. The molecule has 4 aromatic rings. The molecule has 0 saturated heterocycles. The summed E-state index contributed by atoms with van der Waals surface area (Å²) in [5.74, 6) is -0.939. The molecule has 0 aromatic heterocycles. The first-order valence-electron chi connectivity index (χ1n) is 12.7. The van der Waals surface area contributed by atoms with Crippen LogP contribution in [0.25, 0.3) is 33.4 Å². The van der Waals surface area contributed by atoms with Gasteiger partial charge in [0.05, 0.1) is 17.2 Å². The van der Waals surface area contributed by atoms with Crippen LogP contribution in [-0.2, 0) is 6.42 Å².